The van der Waals surface area contributed by atoms with Gasteiger partial charge in [-0.3, -0.25) is 9.78 Å². The molecule has 0 fully saturated rings. The minimum absolute atomic E-state index is 0.0841. The lowest BCUT2D eigenvalue weighted by Gasteiger charge is -2.31. The molecule has 0 aliphatic carbocycles. The van der Waals surface area contributed by atoms with Crippen LogP contribution in [-0.4, -0.2) is 40.5 Å². The first-order valence-electron chi connectivity index (χ1n) is 6.53. The summed E-state index contributed by atoms with van der Waals surface area (Å²) in [6, 6.07) is 1.54. The molecule has 5 nitrogen and oxygen atoms in total. The third-order valence-electron chi connectivity index (χ3n) is 2.98. The van der Waals surface area contributed by atoms with Crippen molar-refractivity contribution in [2.24, 2.45) is 11.1 Å². The fraction of sp³-hybridized carbons (Fsp3) is 0.571. The van der Waals surface area contributed by atoms with Crippen molar-refractivity contribution in [3.63, 3.8) is 0 Å². The number of hydrogen-bond acceptors (Lipinski definition) is 4. The largest absolute Gasteiger partial charge is 0.505 e. The van der Waals surface area contributed by atoms with Gasteiger partial charge in [0.2, 0.25) is 0 Å². The standard InChI is InChI=1S/C14H23N3O2/c1-4-7-17(10-14(2,3)9-15)13(19)11-5-6-16-8-12(11)18/h5-6,8,18H,4,7,9-10,15H2,1-3H3. The minimum atomic E-state index is -0.178. The van der Waals surface area contributed by atoms with E-state index in [1.165, 1.54) is 18.5 Å². The van der Waals surface area contributed by atoms with Crippen molar-refractivity contribution in [3.05, 3.63) is 24.0 Å². The molecule has 0 aliphatic rings. The molecule has 0 radical (unpaired) electrons. The number of amides is 1. The number of carbonyl (C=O) groups excluding carboxylic acids is 1. The molecule has 0 aromatic carbocycles. The molecule has 0 aliphatic heterocycles. The van der Waals surface area contributed by atoms with Crippen LogP contribution < -0.4 is 5.73 Å². The number of nitrogens with two attached hydrogens (primary N) is 1. The van der Waals surface area contributed by atoms with Crippen LogP contribution in [0.15, 0.2) is 18.5 Å². The van der Waals surface area contributed by atoms with Crippen LogP contribution in [0.2, 0.25) is 0 Å². The van der Waals surface area contributed by atoms with Crippen molar-refractivity contribution in [1.82, 2.24) is 9.88 Å². The molecular weight excluding hydrogens is 242 g/mol. The molecule has 0 saturated carbocycles. The predicted molar refractivity (Wildman–Crippen MR) is 74.9 cm³/mol. The van der Waals surface area contributed by atoms with E-state index in [1.807, 2.05) is 20.8 Å². The zero-order valence-electron chi connectivity index (χ0n) is 11.9. The molecule has 1 heterocycles. The Balaban J connectivity index is 2.93. The van der Waals surface area contributed by atoms with Crippen LogP contribution in [0.3, 0.4) is 0 Å². The van der Waals surface area contributed by atoms with Crippen LogP contribution in [0.5, 0.6) is 5.75 Å². The van der Waals surface area contributed by atoms with Gasteiger partial charge in [0.05, 0.1) is 11.8 Å². The number of nitrogens with zero attached hydrogens (tertiary/aromatic N) is 2. The van der Waals surface area contributed by atoms with Gasteiger partial charge in [0.1, 0.15) is 5.75 Å². The van der Waals surface area contributed by atoms with Gasteiger partial charge in [0.15, 0.2) is 0 Å². The Morgan fingerprint density at radius 3 is 2.74 bits per heavy atom. The van der Waals surface area contributed by atoms with E-state index in [2.05, 4.69) is 4.98 Å². The molecule has 1 aromatic heterocycles. The monoisotopic (exact) mass is 265 g/mol. The summed E-state index contributed by atoms with van der Waals surface area (Å²) in [5.41, 5.74) is 5.86. The van der Waals surface area contributed by atoms with Crippen molar-refractivity contribution in [2.45, 2.75) is 27.2 Å². The van der Waals surface area contributed by atoms with Gasteiger partial charge >= 0.3 is 0 Å². The third kappa shape index (κ3) is 4.21. The quantitative estimate of drug-likeness (QED) is 0.819. The van der Waals surface area contributed by atoms with Crippen LogP contribution in [0.1, 0.15) is 37.6 Å². The maximum atomic E-state index is 12.4. The van der Waals surface area contributed by atoms with Crippen molar-refractivity contribution < 1.29 is 9.90 Å². The second-order valence-corrected chi connectivity index (χ2v) is 5.49. The average Bonchev–Trinajstić information content (AvgIpc) is 2.38. The summed E-state index contributed by atoms with van der Waals surface area (Å²) >= 11 is 0. The van der Waals surface area contributed by atoms with E-state index < -0.39 is 0 Å². The summed E-state index contributed by atoms with van der Waals surface area (Å²) in [4.78, 5) is 18.0. The van der Waals surface area contributed by atoms with Crippen LogP contribution >= 0.6 is 0 Å². The van der Waals surface area contributed by atoms with Gasteiger partial charge < -0.3 is 15.7 Å². The molecule has 5 heteroatoms. The van der Waals surface area contributed by atoms with Gasteiger partial charge in [-0.1, -0.05) is 20.8 Å². The van der Waals surface area contributed by atoms with E-state index in [1.54, 1.807) is 4.90 Å². The van der Waals surface area contributed by atoms with Gasteiger partial charge in [-0.05, 0) is 24.4 Å². The Morgan fingerprint density at radius 2 is 2.21 bits per heavy atom. The summed E-state index contributed by atoms with van der Waals surface area (Å²) in [5, 5.41) is 9.72. The molecular formula is C14H23N3O2. The van der Waals surface area contributed by atoms with Crippen LogP contribution in [0.4, 0.5) is 0 Å². The maximum Gasteiger partial charge on any atom is 0.257 e. The fourth-order valence-electron chi connectivity index (χ4n) is 1.84. The molecule has 106 valence electrons. The lowest BCUT2D eigenvalue weighted by atomic mass is 9.92. The molecule has 0 bridgehead atoms. The zero-order valence-corrected chi connectivity index (χ0v) is 11.9. The van der Waals surface area contributed by atoms with Crippen LogP contribution in [0.25, 0.3) is 0 Å². The van der Waals surface area contributed by atoms with Gasteiger partial charge in [-0.25, -0.2) is 0 Å². The SMILES string of the molecule is CCCN(CC(C)(C)CN)C(=O)c1ccncc1O. The fourth-order valence-corrected chi connectivity index (χ4v) is 1.84. The molecule has 19 heavy (non-hydrogen) atoms. The molecule has 0 saturated heterocycles. The van der Waals surface area contributed by atoms with E-state index in [0.29, 0.717) is 19.6 Å². The number of pyridine rings is 1. The van der Waals surface area contributed by atoms with Crippen LogP contribution in [0, 0.1) is 5.41 Å². The van der Waals surface area contributed by atoms with Crippen molar-refractivity contribution in [3.8, 4) is 5.75 Å². The summed E-state index contributed by atoms with van der Waals surface area (Å²) in [7, 11) is 0. The Bertz CT molecular complexity index is 432. The first-order chi connectivity index (χ1) is 8.91. The smallest absolute Gasteiger partial charge is 0.257 e. The first-order valence-corrected chi connectivity index (χ1v) is 6.53. The van der Waals surface area contributed by atoms with Crippen molar-refractivity contribution in [2.75, 3.05) is 19.6 Å². The first kappa shape index (κ1) is 15.4. The zero-order chi connectivity index (χ0) is 14.5. The highest BCUT2D eigenvalue weighted by molar-refractivity contribution is 5.96. The molecule has 1 aromatic rings. The van der Waals surface area contributed by atoms with Gasteiger partial charge in [-0.2, -0.15) is 0 Å². The Kier molecular flexibility index (Phi) is 5.30. The predicted octanol–water partition coefficient (Wildman–Crippen LogP) is 1.62. The van der Waals surface area contributed by atoms with Gasteiger partial charge in [-0.15, -0.1) is 0 Å². The van der Waals surface area contributed by atoms with E-state index in [4.69, 9.17) is 5.73 Å². The molecule has 0 unspecified atom stereocenters. The lowest BCUT2D eigenvalue weighted by Crippen LogP contribution is -2.42. The lowest BCUT2D eigenvalue weighted by molar-refractivity contribution is 0.0686. The summed E-state index contributed by atoms with van der Waals surface area (Å²) in [6.45, 7) is 7.78. The molecule has 3 N–H and O–H groups in total. The molecule has 0 spiro atoms. The molecule has 0 atom stereocenters. The third-order valence-corrected chi connectivity index (χ3v) is 2.98. The Morgan fingerprint density at radius 1 is 1.53 bits per heavy atom. The normalized spacial score (nSPS) is 11.4. The van der Waals surface area contributed by atoms with E-state index in [-0.39, 0.29) is 22.6 Å². The number of aromatic hydroxyl groups is 1. The molecule has 1 amide bonds. The number of carbonyl (C=O) groups is 1. The summed E-state index contributed by atoms with van der Waals surface area (Å²) < 4.78 is 0. The van der Waals surface area contributed by atoms with E-state index >= 15 is 0 Å². The highest BCUT2D eigenvalue weighted by atomic mass is 16.3. The topological polar surface area (TPSA) is 79.5 Å². The van der Waals surface area contributed by atoms with E-state index in [9.17, 15) is 9.90 Å². The summed E-state index contributed by atoms with van der Waals surface area (Å²) in [6.07, 6.45) is 3.65. The average molecular weight is 265 g/mol. The Hall–Kier alpha value is -1.62. The second-order valence-electron chi connectivity index (χ2n) is 5.49. The van der Waals surface area contributed by atoms with E-state index in [0.717, 1.165) is 6.42 Å². The number of rotatable bonds is 6. The highest BCUT2D eigenvalue weighted by Gasteiger charge is 2.25. The Labute approximate surface area is 114 Å². The van der Waals surface area contributed by atoms with Crippen molar-refractivity contribution >= 4 is 5.91 Å². The van der Waals surface area contributed by atoms with Crippen LogP contribution in [-0.2, 0) is 0 Å². The summed E-state index contributed by atoms with van der Waals surface area (Å²) in [5.74, 6) is -0.262. The maximum absolute atomic E-state index is 12.4. The highest BCUT2D eigenvalue weighted by Crippen LogP contribution is 2.21. The van der Waals surface area contributed by atoms with Crippen molar-refractivity contribution in [1.29, 1.82) is 0 Å². The molecule has 1 rings (SSSR count). The number of hydrogen-bond donors (Lipinski definition) is 2. The minimum Gasteiger partial charge on any atom is -0.505 e. The second kappa shape index (κ2) is 6.52. The van der Waals surface area contributed by atoms with Gasteiger partial charge in [0.25, 0.3) is 5.91 Å². The number of aromatic nitrogens is 1. The van der Waals surface area contributed by atoms with Gasteiger partial charge in [0, 0.05) is 19.3 Å².